The second kappa shape index (κ2) is 4.59. The molecular formula is C13H17N3O. The van der Waals surface area contributed by atoms with Gasteiger partial charge in [0.05, 0.1) is 11.3 Å². The van der Waals surface area contributed by atoms with Gasteiger partial charge in [0.1, 0.15) is 0 Å². The number of aryl methyl sites for hydroxylation is 2. The lowest BCUT2D eigenvalue weighted by Gasteiger charge is -2.02. The summed E-state index contributed by atoms with van der Waals surface area (Å²) in [4.78, 5) is 12.0. The van der Waals surface area contributed by atoms with Crippen LogP contribution >= 0.6 is 0 Å². The Labute approximate surface area is 100 Å². The van der Waals surface area contributed by atoms with Crippen LogP contribution in [-0.4, -0.2) is 9.78 Å². The molecule has 0 aliphatic carbocycles. The molecule has 0 saturated carbocycles. The van der Waals surface area contributed by atoms with Crippen molar-refractivity contribution < 1.29 is 0 Å². The first-order valence-electron chi connectivity index (χ1n) is 5.77. The molecule has 0 aliphatic rings. The van der Waals surface area contributed by atoms with Gasteiger partial charge in [-0.05, 0) is 31.0 Å². The zero-order valence-electron chi connectivity index (χ0n) is 10.2. The van der Waals surface area contributed by atoms with Gasteiger partial charge in [0, 0.05) is 12.2 Å². The van der Waals surface area contributed by atoms with Crippen LogP contribution in [0.3, 0.4) is 0 Å². The maximum absolute atomic E-state index is 12.0. The second-order valence-electron chi connectivity index (χ2n) is 4.08. The molecule has 0 unspecified atom stereocenters. The first kappa shape index (κ1) is 11.7. The van der Waals surface area contributed by atoms with Gasteiger partial charge in [-0.1, -0.05) is 19.1 Å². The van der Waals surface area contributed by atoms with Crippen molar-refractivity contribution in [1.82, 2.24) is 9.78 Å². The van der Waals surface area contributed by atoms with E-state index in [1.165, 1.54) is 10.2 Å². The molecule has 0 saturated heterocycles. The van der Waals surface area contributed by atoms with Crippen LogP contribution in [0.15, 0.2) is 29.1 Å². The Kier molecular flexibility index (Phi) is 3.15. The Morgan fingerprint density at radius 2 is 1.94 bits per heavy atom. The van der Waals surface area contributed by atoms with Crippen molar-refractivity contribution in [3.8, 4) is 5.69 Å². The number of nitrogens with zero attached hydrogens (tertiary/aromatic N) is 1. The predicted octanol–water partition coefficient (Wildman–Crippen LogP) is 1.50. The van der Waals surface area contributed by atoms with Gasteiger partial charge in [0.2, 0.25) is 0 Å². The van der Waals surface area contributed by atoms with Gasteiger partial charge in [-0.25, -0.2) is 4.68 Å². The molecule has 0 radical (unpaired) electrons. The van der Waals surface area contributed by atoms with Crippen LogP contribution in [0.1, 0.15) is 23.7 Å². The summed E-state index contributed by atoms with van der Waals surface area (Å²) in [7, 11) is 0. The van der Waals surface area contributed by atoms with E-state index in [9.17, 15) is 4.79 Å². The number of aromatic nitrogens is 2. The average Bonchev–Trinajstić information content (AvgIpc) is 2.64. The topological polar surface area (TPSA) is 63.8 Å². The summed E-state index contributed by atoms with van der Waals surface area (Å²) in [6, 6.07) is 7.94. The highest BCUT2D eigenvalue weighted by molar-refractivity contribution is 5.35. The molecule has 2 aromatic rings. The summed E-state index contributed by atoms with van der Waals surface area (Å²) in [5.74, 6) is 0. The van der Waals surface area contributed by atoms with Gasteiger partial charge in [-0.15, -0.1) is 0 Å². The molecule has 17 heavy (non-hydrogen) atoms. The van der Waals surface area contributed by atoms with Crippen molar-refractivity contribution in [2.75, 3.05) is 0 Å². The zero-order valence-corrected chi connectivity index (χ0v) is 10.2. The molecule has 4 nitrogen and oxygen atoms in total. The number of nitrogens with two attached hydrogens (primary N) is 1. The van der Waals surface area contributed by atoms with E-state index >= 15 is 0 Å². The number of aromatic amines is 1. The lowest BCUT2D eigenvalue weighted by molar-refractivity contribution is 0.833. The fourth-order valence-electron chi connectivity index (χ4n) is 1.88. The van der Waals surface area contributed by atoms with Gasteiger partial charge in [-0.2, -0.15) is 0 Å². The standard InChI is InChI=1S/C13H17N3O/c1-3-10-4-6-11(7-5-10)16-13(17)12(8-14)9(2)15-16/h4-7,15H,3,8,14H2,1-2H3. The first-order chi connectivity index (χ1) is 8.17. The molecular weight excluding hydrogens is 214 g/mol. The van der Waals surface area contributed by atoms with E-state index in [0.29, 0.717) is 5.56 Å². The van der Waals surface area contributed by atoms with E-state index in [-0.39, 0.29) is 12.1 Å². The minimum Gasteiger partial charge on any atom is -0.326 e. The Bertz CT molecular complexity index is 563. The molecule has 3 N–H and O–H groups in total. The minimum absolute atomic E-state index is 0.0609. The number of rotatable bonds is 3. The van der Waals surface area contributed by atoms with Crippen LogP contribution in [0.5, 0.6) is 0 Å². The molecule has 90 valence electrons. The number of benzene rings is 1. The summed E-state index contributed by atoms with van der Waals surface area (Å²) < 4.78 is 1.54. The van der Waals surface area contributed by atoms with E-state index in [2.05, 4.69) is 12.0 Å². The van der Waals surface area contributed by atoms with E-state index in [4.69, 9.17) is 5.73 Å². The van der Waals surface area contributed by atoms with E-state index in [1.807, 2.05) is 31.2 Å². The highest BCUT2D eigenvalue weighted by Gasteiger charge is 2.10. The van der Waals surface area contributed by atoms with Gasteiger partial charge >= 0.3 is 0 Å². The Morgan fingerprint density at radius 3 is 2.41 bits per heavy atom. The molecule has 0 fully saturated rings. The van der Waals surface area contributed by atoms with Crippen LogP contribution < -0.4 is 11.3 Å². The number of hydrogen-bond acceptors (Lipinski definition) is 2. The fraction of sp³-hybridized carbons (Fsp3) is 0.308. The summed E-state index contributed by atoms with van der Waals surface area (Å²) in [5, 5.41) is 3.04. The highest BCUT2D eigenvalue weighted by Crippen LogP contribution is 2.09. The lowest BCUT2D eigenvalue weighted by Crippen LogP contribution is -2.19. The van der Waals surface area contributed by atoms with E-state index in [0.717, 1.165) is 17.8 Å². The van der Waals surface area contributed by atoms with Crippen molar-refractivity contribution in [3.63, 3.8) is 0 Å². The third-order valence-electron chi connectivity index (χ3n) is 3.00. The number of nitrogens with one attached hydrogen (secondary N) is 1. The zero-order chi connectivity index (χ0) is 12.4. The number of H-pyrrole nitrogens is 1. The first-order valence-corrected chi connectivity index (χ1v) is 5.77. The van der Waals surface area contributed by atoms with Gasteiger partial charge < -0.3 is 5.73 Å². The summed E-state index contributed by atoms with van der Waals surface area (Å²) in [6.45, 7) is 4.23. The largest absolute Gasteiger partial charge is 0.326 e. The summed E-state index contributed by atoms with van der Waals surface area (Å²) >= 11 is 0. The summed E-state index contributed by atoms with van der Waals surface area (Å²) in [5.41, 5.74) is 9.06. The molecule has 0 atom stereocenters. The van der Waals surface area contributed by atoms with Crippen molar-refractivity contribution in [3.05, 3.63) is 51.4 Å². The Morgan fingerprint density at radius 1 is 1.29 bits per heavy atom. The average molecular weight is 231 g/mol. The quantitative estimate of drug-likeness (QED) is 0.840. The third-order valence-corrected chi connectivity index (χ3v) is 3.00. The molecule has 1 aromatic carbocycles. The summed E-state index contributed by atoms with van der Waals surface area (Å²) in [6.07, 6.45) is 0.993. The second-order valence-corrected chi connectivity index (χ2v) is 4.08. The maximum Gasteiger partial charge on any atom is 0.275 e. The van der Waals surface area contributed by atoms with Crippen molar-refractivity contribution in [2.24, 2.45) is 5.73 Å². The molecule has 2 rings (SSSR count). The third kappa shape index (κ3) is 2.03. The lowest BCUT2D eigenvalue weighted by atomic mass is 10.1. The van der Waals surface area contributed by atoms with E-state index < -0.39 is 0 Å². The maximum atomic E-state index is 12.0. The normalized spacial score (nSPS) is 10.8. The fourth-order valence-corrected chi connectivity index (χ4v) is 1.88. The molecule has 1 heterocycles. The Balaban J connectivity index is 2.49. The van der Waals surface area contributed by atoms with Gasteiger partial charge in [-0.3, -0.25) is 9.89 Å². The molecule has 0 amide bonds. The van der Waals surface area contributed by atoms with Crippen LogP contribution in [0, 0.1) is 6.92 Å². The van der Waals surface area contributed by atoms with Crippen LogP contribution in [0.4, 0.5) is 0 Å². The number of hydrogen-bond donors (Lipinski definition) is 2. The molecule has 0 spiro atoms. The van der Waals surface area contributed by atoms with E-state index in [1.54, 1.807) is 0 Å². The monoisotopic (exact) mass is 231 g/mol. The van der Waals surface area contributed by atoms with Crippen LogP contribution in [0.2, 0.25) is 0 Å². The SMILES string of the molecule is CCc1ccc(-n2[nH]c(C)c(CN)c2=O)cc1. The van der Waals surface area contributed by atoms with Crippen molar-refractivity contribution >= 4 is 0 Å². The smallest absolute Gasteiger partial charge is 0.275 e. The van der Waals surface area contributed by atoms with Crippen molar-refractivity contribution in [2.45, 2.75) is 26.8 Å². The van der Waals surface area contributed by atoms with Crippen LogP contribution in [-0.2, 0) is 13.0 Å². The minimum atomic E-state index is -0.0609. The molecule has 0 aliphatic heterocycles. The molecule has 4 heteroatoms. The molecule has 0 bridgehead atoms. The van der Waals surface area contributed by atoms with Crippen molar-refractivity contribution in [1.29, 1.82) is 0 Å². The molecule has 1 aromatic heterocycles. The highest BCUT2D eigenvalue weighted by atomic mass is 16.1. The predicted molar refractivity (Wildman–Crippen MR) is 68.4 cm³/mol. The van der Waals surface area contributed by atoms with Gasteiger partial charge in [0.15, 0.2) is 0 Å². The van der Waals surface area contributed by atoms with Gasteiger partial charge in [0.25, 0.3) is 5.56 Å². The van der Waals surface area contributed by atoms with Crippen LogP contribution in [0.25, 0.3) is 5.69 Å². The Hall–Kier alpha value is -1.81.